The van der Waals surface area contributed by atoms with Crippen molar-refractivity contribution in [2.75, 3.05) is 19.8 Å². The first-order valence-corrected chi connectivity index (χ1v) is 12.0. The molecular weight excluding hydrogens is 452 g/mol. The molecule has 0 radical (unpaired) electrons. The minimum absolute atomic E-state index is 0.115. The Bertz CT molecular complexity index is 1290. The van der Waals surface area contributed by atoms with Crippen molar-refractivity contribution < 1.29 is 19.0 Å². The fraction of sp³-hybridized carbons (Fsp3) is 0.269. The Morgan fingerprint density at radius 2 is 1.56 bits per heavy atom. The number of thiophene rings is 1. The van der Waals surface area contributed by atoms with E-state index in [1.807, 2.05) is 60.7 Å². The summed E-state index contributed by atoms with van der Waals surface area (Å²) >= 11 is 1.18. The number of aromatic nitrogens is 2. The zero-order valence-electron chi connectivity index (χ0n) is 18.9. The van der Waals surface area contributed by atoms with E-state index in [1.165, 1.54) is 11.3 Å². The zero-order valence-corrected chi connectivity index (χ0v) is 19.8. The molecule has 0 unspecified atom stereocenters. The molecule has 0 aliphatic heterocycles. The van der Waals surface area contributed by atoms with E-state index >= 15 is 0 Å². The molecule has 34 heavy (non-hydrogen) atoms. The molecule has 0 spiro atoms. The minimum Gasteiger partial charge on any atom is -0.494 e. The molecule has 2 heterocycles. The van der Waals surface area contributed by atoms with Crippen molar-refractivity contribution in [1.82, 2.24) is 9.55 Å². The summed E-state index contributed by atoms with van der Waals surface area (Å²) < 4.78 is 18.2. The first-order chi connectivity index (χ1) is 16.6. The molecule has 0 N–H and O–H groups in total. The van der Waals surface area contributed by atoms with E-state index in [0.29, 0.717) is 39.6 Å². The lowest BCUT2D eigenvalue weighted by Crippen LogP contribution is -2.21. The molecule has 4 aromatic rings. The summed E-state index contributed by atoms with van der Waals surface area (Å²) in [6.45, 7) is 3.24. The van der Waals surface area contributed by atoms with Crippen LogP contribution in [0, 0.1) is 6.92 Å². The maximum Gasteiger partial charge on any atom is 0.348 e. The maximum atomic E-state index is 13.0. The molecule has 0 aliphatic rings. The van der Waals surface area contributed by atoms with Crippen molar-refractivity contribution in [1.29, 1.82) is 0 Å². The Hall–Kier alpha value is -3.65. The number of benzene rings is 2. The van der Waals surface area contributed by atoms with Crippen LogP contribution in [0.15, 0.2) is 71.8 Å². The average molecular weight is 479 g/mol. The normalized spacial score (nSPS) is 10.9. The smallest absolute Gasteiger partial charge is 0.348 e. The number of aryl methyl sites for hydroxylation is 2. The topological polar surface area (TPSA) is 79.7 Å². The summed E-state index contributed by atoms with van der Waals surface area (Å²) in [5.74, 6) is 1.08. The molecule has 2 aromatic carbocycles. The standard InChI is InChI=1S/C26H26N2O5S/c1-19-22-24(34-23(19)26(30)33-17-16-32-21-12-6-3-7-13-21)27-18-28(25(22)29)14-8-9-15-31-20-10-4-2-5-11-20/h2-7,10-13,18H,8-9,14-17H2,1H3. The summed E-state index contributed by atoms with van der Waals surface area (Å²) in [6, 6.07) is 19.0. The van der Waals surface area contributed by atoms with Crippen molar-refractivity contribution in [3.05, 3.63) is 87.8 Å². The molecule has 4 rings (SSSR count). The second-order valence-electron chi connectivity index (χ2n) is 7.65. The van der Waals surface area contributed by atoms with Crippen molar-refractivity contribution in [3.63, 3.8) is 0 Å². The van der Waals surface area contributed by atoms with Crippen LogP contribution in [0.2, 0.25) is 0 Å². The van der Waals surface area contributed by atoms with Gasteiger partial charge in [-0.1, -0.05) is 36.4 Å². The van der Waals surface area contributed by atoms with Crippen LogP contribution in [0.5, 0.6) is 11.5 Å². The van der Waals surface area contributed by atoms with Crippen LogP contribution in [-0.2, 0) is 11.3 Å². The monoisotopic (exact) mass is 478 g/mol. The number of rotatable bonds is 11. The van der Waals surface area contributed by atoms with Gasteiger partial charge < -0.3 is 14.2 Å². The highest BCUT2D eigenvalue weighted by Crippen LogP contribution is 2.27. The van der Waals surface area contributed by atoms with E-state index in [4.69, 9.17) is 14.2 Å². The lowest BCUT2D eigenvalue weighted by Gasteiger charge is -2.07. The Balaban J connectivity index is 1.32. The minimum atomic E-state index is -0.471. The first kappa shape index (κ1) is 23.5. The van der Waals surface area contributed by atoms with Crippen LogP contribution in [0.1, 0.15) is 28.1 Å². The molecule has 176 valence electrons. The maximum absolute atomic E-state index is 13.0. The number of ether oxygens (including phenoxy) is 3. The van der Waals surface area contributed by atoms with Crippen molar-refractivity contribution >= 4 is 27.5 Å². The molecule has 8 heteroatoms. The van der Waals surface area contributed by atoms with Crippen LogP contribution >= 0.6 is 11.3 Å². The lowest BCUT2D eigenvalue weighted by atomic mass is 10.2. The van der Waals surface area contributed by atoms with Gasteiger partial charge in [0.1, 0.15) is 34.4 Å². The van der Waals surface area contributed by atoms with E-state index < -0.39 is 5.97 Å². The Morgan fingerprint density at radius 3 is 2.24 bits per heavy atom. The van der Waals surface area contributed by atoms with Gasteiger partial charge in [0.15, 0.2) is 0 Å². The highest BCUT2D eigenvalue weighted by atomic mass is 32.1. The van der Waals surface area contributed by atoms with Crippen LogP contribution in [0.4, 0.5) is 0 Å². The van der Waals surface area contributed by atoms with Gasteiger partial charge in [0.2, 0.25) is 0 Å². The summed E-state index contributed by atoms with van der Waals surface area (Å²) in [7, 11) is 0. The molecule has 2 aromatic heterocycles. The van der Waals surface area contributed by atoms with Crippen molar-refractivity contribution in [3.8, 4) is 11.5 Å². The molecule has 0 bridgehead atoms. The fourth-order valence-corrected chi connectivity index (χ4v) is 4.51. The number of unbranched alkanes of at least 4 members (excludes halogenated alkanes) is 1. The number of nitrogens with zero attached hydrogens (tertiary/aromatic N) is 2. The summed E-state index contributed by atoms with van der Waals surface area (Å²) in [5.41, 5.74) is 0.461. The van der Waals surface area contributed by atoms with E-state index in [-0.39, 0.29) is 18.8 Å². The van der Waals surface area contributed by atoms with Gasteiger partial charge in [0.05, 0.1) is 18.3 Å². The first-order valence-electron chi connectivity index (χ1n) is 11.1. The molecule has 0 amide bonds. The van der Waals surface area contributed by atoms with Gasteiger partial charge in [-0.15, -0.1) is 11.3 Å². The highest BCUT2D eigenvalue weighted by molar-refractivity contribution is 7.20. The lowest BCUT2D eigenvalue weighted by molar-refractivity contribution is 0.0455. The number of carbonyl (C=O) groups is 1. The fourth-order valence-electron chi connectivity index (χ4n) is 3.48. The SMILES string of the molecule is Cc1c(C(=O)OCCOc2ccccc2)sc2ncn(CCCCOc3ccccc3)c(=O)c12. The highest BCUT2D eigenvalue weighted by Gasteiger charge is 2.20. The molecule has 0 fully saturated rings. The molecule has 7 nitrogen and oxygen atoms in total. The number of para-hydroxylation sites is 2. The van der Waals surface area contributed by atoms with Crippen molar-refractivity contribution in [2.45, 2.75) is 26.3 Å². The van der Waals surface area contributed by atoms with E-state index in [9.17, 15) is 9.59 Å². The average Bonchev–Trinajstić information content (AvgIpc) is 3.21. The third-order valence-electron chi connectivity index (χ3n) is 5.24. The van der Waals surface area contributed by atoms with Crippen LogP contribution < -0.4 is 15.0 Å². The van der Waals surface area contributed by atoms with Gasteiger partial charge in [0, 0.05) is 6.54 Å². The quantitative estimate of drug-likeness (QED) is 0.226. The van der Waals surface area contributed by atoms with Crippen LogP contribution in [-0.4, -0.2) is 35.3 Å². The second-order valence-corrected chi connectivity index (χ2v) is 8.64. The van der Waals surface area contributed by atoms with Gasteiger partial charge in [-0.05, 0) is 49.6 Å². The molecule has 0 saturated heterocycles. The predicted molar refractivity (Wildman–Crippen MR) is 132 cm³/mol. The number of hydrogen-bond donors (Lipinski definition) is 0. The van der Waals surface area contributed by atoms with Crippen molar-refractivity contribution in [2.24, 2.45) is 0 Å². The van der Waals surface area contributed by atoms with Gasteiger partial charge in [-0.2, -0.15) is 0 Å². The molecule has 0 saturated carbocycles. The number of carbonyl (C=O) groups excluding carboxylic acids is 1. The van der Waals surface area contributed by atoms with E-state index in [0.717, 1.165) is 18.6 Å². The van der Waals surface area contributed by atoms with Gasteiger partial charge >= 0.3 is 5.97 Å². The van der Waals surface area contributed by atoms with Gasteiger partial charge in [-0.3, -0.25) is 9.36 Å². The van der Waals surface area contributed by atoms with Crippen LogP contribution in [0.25, 0.3) is 10.2 Å². The molecular formula is C26H26N2O5S. The summed E-state index contributed by atoms with van der Waals surface area (Å²) in [5, 5.41) is 0.473. The van der Waals surface area contributed by atoms with E-state index in [2.05, 4.69) is 4.98 Å². The number of esters is 1. The largest absolute Gasteiger partial charge is 0.494 e. The zero-order chi connectivity index (χ0) is 23.8. The van der Waals surface area contributed by atoms with Gasteiger partial charge in [-0.25, -0.2) is 9.78 Å². The van der Waals surface area contributed by atoms with E-state index in [1.54, 1.807) is 17.8 Å². The molecule has 0 atom stereocenters. The Morgan fingerprint density at radius 1 is 0.912 bits per heavy atom. The second kappa shape index (κ2) is 11.5. The third kappa shape index (κ3) is 5.82. The van der Waals surface area contributed by atoms with Crippen LogP contribution in [0.3, 0.4) is 0 Å². The third-order valence-corrected chi connectivity index (χ3v) is 6.42. The van der Waals surface area contributed by atoms with Gasteiger partial charge in [0.25, 0.3) is 5.56 Å². The summed E-state index contributed by atoms with van der Waals surface area (Å²) in [4.78, 5) is 30.9. The predicted octanol–water partition coefficient (Wildman–Crippen LogP) is 4.86. The Kier molecular flexibility index (Phi) is 7.93. The Labute approximate surface area is 201 Å². The summed E-state index contributed by atoms with van der Waals surface area (Å²) in [6.07, 6.45) is 3.13. The number of hydrogen-bond acceptors (Lipinski definition) is 7. The number of fused-ring (bicyclic) bond motifs is 1. The molecule has 0 aliphatic carbocycles.